The van der Waals surface area contributed by atoms with Gasteiger partial charge in [-0.2, -0.15) is 0 Å². The predicted octanol–water partition coefficient (Wildman–Crippen LogP) is 1.58. The summed E-state index contributed by atoms with van der Waals surface area (Å²) >= 11 is 0. The summed E-state index contributed by atoms with van der Waals surface area (Å²) in [6, 6.07) is 5.97. The molecule has 0 spiro atoms. The Labute approximate surface area is 123 Å². The normalized spacial score (nSPS) is 15.7. The van der Waals surface area contributed by atoms with E-state index in [0.717, 1.165) is 49.2 Å². The van der Waals surface area contributed by atoms with Crippen molar-refractivity contribution in [2.24, 2.45) is 7.05 Å². The van der Waals surface area contributed by atoms with Gasteiger partial charge in [-0.3, -0.25) is 4.79 Å². The molecule has 6 nitrogen and oxygen atoms in total. The second-order valence-corrected chi connectivity index (χ2v) is 5.47. The van der Waals surface area contributed by atoms with Crippen molar-refractivity contribution < 1.29 is 4.79 Å². The van der Waals surface area contributed by atoms with Crippen molar-refractivity contribution in [2.45, 2.75) is 19.3 Å². The van der Waals surface area contributed by atoms with E-state index in [0.29, 0.717) is 12.4 Å². The van der Waals surface area contributed by atoms with E-state index in [1.54, 1.807) is 0 Å². The monoisotopic (exact) mass is 287 g/mol. The number of nitrogen functional groups attached to an aromatic ring is 1. The minimum absolute atomic E-state index is 0.267. The highest BCUT2D eigenvalue weighted by atomic mass is 16.2. The number of para-hydroxylation sites is 1. The molecule has 1 fully saturated rings. The van der Waals surface area contributed by atoms with E-state index in [9.17, 15) is 4.79 Å². The number of fused-ring (bicyclic) bond motifs is 1. The van der Waals surface area contributed by atoms with Crippen LogP contribution in [0.3, 0.4) is 0 Å². The van der Waals surface area contributed by atoms with Crippen LogP contribution in [-0.4, -0.2) is 40.0 Å². The standard InChI is InChI=1S/C15H21N5O/c1-19-12-6-4-5-11(14(12)18-15(19)16)17-8-10-20-9-3-2-7-13(20)21/h4-6,17H,2-3,7-10H2,1H3,(H2,16,18). The van der Waals surface area contributed by atoms with Crippen molar-refractivity contribution in [3.8, 4) is 0 Å². The van der Waals surface area contributed by atoms with Crippen molar-refractivity contribution >= 4 is 28.6 Å². The van der Waals surface area contributed by atoms with E-state index in [1.807, 2.05) is 34.7 Å². The highest BCUT2D eigenvalue weighted by Crippen LogP contribution is 2.24. The lowest BCUT2D eigenvalue weighted by Gasteiger charge is -2.26. The van der Waals surface area contributed by atoms with Crippen molar-refractivity contribution in [3.05, 3.63) is 18.2 Å². The molecule has 1 aromatic heterocycles. The number of aromatic nitrogens is 2. The first-order valence-electron chi connectivity index (χ1n) is 7.39. The topological polar surface area (TPSA) is 76.2 Å². The number of likely N-dealkylation sites (tertiary alicyclic amines) is 1. The van der Waals surface area contributed by atoms with Crippen LogP contribution in [0.25, 0.3) is 11.0 Å². The van der Waals surface area contributed by atoms with Gasteiger partial charge in [0.1, 0.15) is 5.52 Å². The van der Waals surface area contributed by atoms with Crippen LogP contribution in [0.2, 0.25) is 0 Å². The summed E-state index contributed by atoms with van der Waals surface area (Å²) in [5.41, 5.74) is 8.70. The molecular weight excluding hydrogens is 266 g/mol. The molecule has 2 aromatic rings. The van der Waals surface area contributed by atoms with Crippen molar-refractivity contribution in [1.82, 2.24) is 14.5 Å². The summed E-state index contributed by atoms with van der Waals surface area (Å²) in [4.78, 5) is 18.1. The van der Waals surface area contributed by atoms with Gasteiger partial charge in [-0.05, 0) is 25.0 Å². The molecule has 1 amide bonds. The lowest BCUT2D eigenvalue weighted by molar-refractivity contribution is -0.133. The van der Waals surface area contributed by atoms with Crippen molar-refractivity contribution in [3.63, 3.8) is 0 Å². The summed E-state index contributed by atoms with van der Waals surface area (Å²) in [7, 11) is 1.90. The minimum Gasteiger partial charge on any atom is -0.381 e. The van der Waals surface area contributed by atoms with E-state index in [2.05, 4.69) is 10.3 Å². The molecule has 112 valence electrons. The number of piperidine rings is 1. The number of hydrogen-bond donors (Lipinski definition) is 2. The molecule has 0 bridgehead atoms. The lowest BCUT2D eigenvalue weighted by Crippen LogP contribution is -2.38. The Bertz CT molecular complexity index is 663. The highest BCUT2D eigenvalue weighted by Gasteiger charge is 2.17. The summed E-state index contributed by atoms with van der Waals surface area (Å²) < 4.78 is 1.87. The number of rotatable bonds is 4. The molecule has 1 aliphatic rings. The van der Waals surface area contributed by atoms with E-state index < -0.39 is 0 Å². The lowest BCUT2D eigenvalue weighted by atomic mass is 10.1. The van der Waals surface area contributed by atoms with Gasteiger partial charge < -0.3 is 20.5 Å². The fourth-order valence-electron chi connectivity index (χ4n) is 2.80. The number of carbonyl (C=O) groups excluding carboxylic acids is 1. The van der Waals surface area contributed by atoms with E-state index >= 15 is 0 Å². The molecule has 0 atom stereocenters. The largest absolute Gasteiger partial charge is 0.381 e. The van der Waals surface area contributed by atoms with Crippen LogP contribution in [0.4, 0.5) is 11.6 Å². The van der Waals surface area contributed by atoms with Gasteiger partial charge in [0.05, 0.1) is 11.2 Å². The minimum atomic E-state index is 0.267. The molecule has 3 N–H and O–H groups in total. The molecule has 6 heteroatoms. The van der Waals surface area contributed by atoms with Gasteiger partial charge in [-0.1, -0.05) is 6.07 Å². The number of nitrogens with one attached hydrogen (secondary N) is 1. The molecule has 1 saturated heterocycles. The zero-order chi connectivity index (χ0) is 14.8. The van der Waals surface area contributed by atoms with Crippen LogP contribution < -0.4 is 11.1 Å². The van der Waals surface area contributed by atoms with Crippen LogP contribution in [-0.2, 0) is 11.8 Å². The quantitative estimate of drug-likeness (QED) is 0.895. The van der Waals surface area contributed by atoms with Crippen LogP contribution in [0.15, 0.2) is 18.2 Å². The maximum Gasteiger partial charge on any atom is 0.222 e. The number of nitrogens with zero attached hydrogens (tertiary/aromatic N) is 3. The fraction of sp³-hybridized carbons (Fsp3) is 0.467. The Morgan fingerprint density at radius 3 is 3.05 bits per heavy atom. The number of aryl methyl sites for hydroxylation is 1. The smallest absolute Gasteiger partial charge is 0.222 e. The number of benzene rings is 1. The second-order valence-electron chi connectivity index (χ2n) is 5.47. The molecule has 1 aliphatic heterocycles. The van der Waals surface area contributed by atoms with Crippen LogP contribution in [0.1, 0.15) is 19.3 Å². The Morgan fingerprint density at radius 2 is 2.24 bits per heavy atom. The zero-order valence-electron chi connectivity index (χ0n) is 12.3. The van der Waals surface area contributed by atoms with Gasteiger partial charge >= 0.3 is 0 Å². The number of amides is 1. The van der Waals surface area contributed by atoms with Gasteiger partial charge in [0.2, 0.25) is 11.9 Å². The number of anilines is 2. The molecule has 21 heavy (non-hydrogen) atoms. The van der Waals surface area contributed by atoms with Crippen molar-refractivity contribution in [1.29, 1.82) is 0 Å². The zero-order valence-corrected chi connectivity index (χ0v) is 12.3. The predicted molar refractivity (Wildman–Crippen MR) is 84.0 cm³/mol. The number of carbonyl (C=O) groups is 1. The van der Waals surface area contributed by atoms with Crippen LogP contribution in [0.5, 0.6) is 0 Å². The summed E-state index contributed by atoms with van der Waals surface area (Å²) in [5, 5.41) is 3.37. The second kappa shape index (κ2) is 5.63. The first-order valence-corrected chi connectivity index (χ1v) is 7.39. The van der Waals surface area contributed by atoms with E-state index in [1.165, 1.54) is 0 Å². The van der Waals surface area contributed by atoms with Crippen LogP contribution >= 0.6 is 0 Å². The third-order valence-corrected chi connectivity index (χ3v) is 4.06. The van der Waals surface area contributed by atoms with Gasteiger partial charge in [-0.15, -0.1) is 0 Å². The summed E-state index contributed by atoms with van der Waals surface area (Å²) in [6.07, 6.45) is 2.82. The molecular formula is C15H21N5O. The Morgan fingerprint density at radius 1 is 1.38 bits per heavy atom. The molecule has 0 unspecified atom stereocenters. The Kier molecular flexibility index (Phi) is 3.68. The first kappa shape index (κ1) is 13.7. The Balaban J connectivity index is 1.68. The summed E-state index contributed by atoms with van der Waals surface area (Å²) in [5.74, 6) is 0.772. The van der Waals surface area contributed by atoms with E-state index in [4.69, 9.17) is 5.73 Å². The average molecular weight is 287 g/mol. The third-order valence-electron chi connectivity index (χ3n) is 4.06. The maximum atomic E-state index is 11.8. The van der Waals surface area contributed by atoms with Crippen LogP contribution in [0, 0.1) is 0 Å². The summed E-state index contributed by atoms with van der Waals surface area (Å²) in [6.45, 7) is 2.33. The molecule has 3 rings (SSSR count). The van der Waals surface area contributed by atoms with Gasteiger partial charge in [0, 0.05) is 33.1 Å². The molecule has 2 heterocycles. The molecule has 0 aliphatic carbocycles. The number of nitrogens with two attached hydrogens (primary N) is 1. The molecule has 0 saturated carbocycles. The maximum absolute atomic E-state index is 11.8. The van der Waals surface area contributed by atoms with Crippen molar-refractivity contribution in [2.75, 3.05) is 30.7 Å². The van der Waals surface area contributed by atoms with Gasteiger partial charge in [0.15, 0.2) is 0 Å². The first-order chi connectivity index (χ1) is 10.2. The third kappa shape index (κ3) is 2.66. The van der Waals surface area contributed by atoms with Gasteiger partial charge in [0.25, 0.3) is 0 Å². The Hall–Kier alpha value is -2.24. The highest BCUT2D eigenvalue weighted by molar-refractivity contribution is 5.90. The SMILES string of the molecule is Cn1c(N)nc2c(NCCN3CCCCC3=O)cccc21. The number of hydrogen-bond acceptors (Lipinski definition) is 4. The molecule has 0 radical (unpaired) electrons. The van der Waals surface area contributed by atoms with E-state index in [-0.39, 0.29) is 5.91 Å². The number of imidazole rings is 1. The fourth-order valence-corrected chi connectivity index (χ4v) is 2.80. The van der Waals surface area contributed by atoms with Gasteiger partial charge in [-0.25, -0.2) is 4.98 Å². The molecule has 1 aromatic carbocycles. The average Bonchev–Trinajstić information content (AvgIpc) is 2.78.